The lowest BCUT2D eigenvalue weighted by molar-refractivity contribution is 0.100. The van der Waals surface area contributed by atoms with Gasteiger partial charge >= 0.3 is 0 Å². The van der Waals surface area contributed by atoms with Gasteiger partial charge in [-0.15, -0.1) is 0 Å². The molecule has 3 N–H and O–H groups in total. The van der Waals surface area contributed by atoms with Crippen molar-refractivity contribution in [1.82, 2.24) is 24.8 Å². The predicted molar refractivity (Wildman–Crippen MR) is 103 cm³/mol. The third kappa shape index (κ3) is 4.17. The molecule has 8 heteroatoms. The molecule has 1 aliphatic rings. The third-order valence-corrected chi connectivity index (χ3v) is 4.95. The van der Waals surface area contributed by atoms with Crippen LogP contribution in [0.15, 0.2) is 49.1 Å². The lowest BCUT2D eigenvalue weighted by atomic mass is 9.93. The number of rotatable bonds is 6. The molecule has 3 heterocycles. The van der Waals surface area contributed by atoms with Gasteiger partial charge in [0.15, 0.2) is 0 Å². The van der Waals surface area contributed by atoms with E-state index in [1.54, 1.807) is 42.9 Å². The summed E-state index contributed by atoms with van der Waals surface area (Å²) in [7, 11) is 0. The summed E-state index contributed by atoms with van der Waals surface area (Å²) in [5.41, 5.74) is 6.59. The lowest BCUT2D eigenvalue weighted by Crippen LogP contribution is -2.33. The summed E-state index contributed by atoms with van der Waals surface area (Å²) in [6, 6.07) is 6.71. The predicted octanol–water partition coefficient (Wildman–Crippen LogP) is 2.47. The largest absolute Gasteiger partial charge is 0.437 e. The van der Waals surface area contributed by atoms with Crippen LogP contribution in [0.1, 0.15) is 40.6 Å². The van der Waals surface area contributed by atoms with E-state index in [9.17, 15) is 4.79 Å². The molecule has 0 spiro atoms. The van der Waals surface area contributed by atoms with Crippen LogP contribution in [0, 0.1) is 0 Å². The molecule has 0 saturated carbocycles. The maximum atomic E-state index is 11.2. The van der Waals surface area contributed by atoms with E-state index in [-0.39, 0.29) is 0 Å². The zero-order chi connectivity index (χ0) is 19.3. The highest BCUT2D eigenvalue weighted by Crippen LogP contribution is 2.33. The lowest BCUT2D eigenvalue weighted by Gasteiger charge is -2.31. The number of primary amides is 1. The van der Waals surface area contributed by atoms with Crippen LogP contribution < -0.4 is 10.5 Å². The van der Waals surface area contributed by atoms with Gasteiger partial charge in [0.2, 0.25) is 11.8 Å². The number of aromatic amines is 1. The van der Waals surface area contributed by atoms with E-state index < -0.39 is 5.91 Å². The highest BCUT2D eigenvalue weighted by molar-refractivity contribution is 5.92. The van der Waals surface area contributed by atoms with Crippen molar-refractivity contribution < 1.29 is 9.53 Å². The second kappa shape index (κ2) is 8.18. The standard InChI is InChI=1S/C20H22N6O2/c21-19(27)15-1-3-16(4-2-15)28-20-18(24-9-10-25-20)14-5-11-26(12-6-14)13-17-22-7-8-23-17/h1-4,7-10,14H,5-6,11-13H2,(H2,21,27)(H,22,23). The Morgan fingerprint density at radius 1 is 1.11 bits per heavy atom. The topological polar surface area (TPSA) is 110 Å². The Bertz CT molecular complexity index is 918. The Labute approximate surface area is 162 Å². The molecule has 1 fully saturated rings. The third-order valence-electron chi connectivity index (χ3n) is 4.95. The highest BCUT2D eigenvalue weighted by Gasteiger charge is 2.25. The highest BCUT2D eigenvalue weighted by atomic mass is 16.5. The van der Waals surface area contributed by atoms with Crippen LogP contribution >= 0.6 is 0 Å². The maximum Gasteiger partial charge on any atom is 0.248 e. The molecule has 1 saturated heterocycles. The van der Waals surface area contributed by atoms with Gasteiger partial charge in [-0.3, -0.25) is 14.7 Å². The smallest absolute Gasteiger partial charge is 0.248 e. The Hall–Kier alpha value is -3.26. The number of benzene rings is 1. The Kier molecular flexibility index (Phi) is 5.29. The molecule has 0 aliphatic carbocycles. The van der Waals surface area contributed by atoms with Crippen LogP contribution in [0.2, 0.25) is 0 Å². The van der Waals surface area contributed by atoms with E-state index in [1.807, 2.05) is 6.20 Å². The summed E-state index contributed by atoms with van der Waals surface area (Å²) in [5.74, 6) is 1.93. The summed E-state index contributed by atoms with van der Waals surface area (Å²) >= 11 is 0. The van der Waals surface area contributed by atoms with Crippen LogP contribution in [0.3, 0.4) is 0 Å². The second-order valence-electron chi connectivity index (χ2n) is 6.82. The van der Waals surface area contributed by atoms with Gasteiger partial charge in [0.25, 0.3) is 0 Å². The van der Waals surface area contributed by atoms with E-state index in [0.29, 0.717) is 23.1 Å². The fraction of sp³-hybridized carbons (Fsp3) is 0.300. The Morgan fingerprint density at radius 2 is 1.86 bits per heavy atom. The number of nitrogens with zero attached hydrogens (tertiary/aromatic N) is 4. The molecule has 0 atom stereocenters. The number of carbonyl (C=O) groups excluding carboxylic acids is 1. The minimum atomic E-state index is -0.465. The van der Waals surface area contributed by atoms with E-state index >= 15 is 0 Å². The number of hydrogen-bond acceptors (Lipinski definition) is 6. The van der Waals surface area contributed by atoms with E-state index in [0.717, 1.165) is 44.0 Å². The van der Waals surface area contributed by atoms with Crippen molar-refractivity contribution in [2.24, 2.45) is 5.73 Å². The molecule has 1 aromatic carbocycles. The van der Waals surface area contributed by atoms with Crippen LogP contribution in [-0.4, -0.2) is 43.8 Å². The van der Waals surface area contributed by atoms with Crippen molar-refractivity contribution in [2.75, 3.05) is 13.1 Å². The molecule has 8 nitrogen and oxygen atoms in total. The van der Waals surface area contributed by atoms with Gasteiger partial charge < -0.3 is 15.5 Å². The van der Waals surface area contributed by atoms with Crippen LogP contribution in [0.5, 0.6) is 11.6 Å². The van der Waals surface area contributed by atoms with Gasteiger partial charge in [0, 0.05) is 36.3 Å². The van der Waals surface area contributed by atoms with Crippen molar-refractivity contribution >= 4 is 5.91 Å². The number of H-pyrrole nitrogens is 1. The van der Waals surface area contributed by atoms with Crippen molar-refractivity contribution in [2.45, 2.75) is 25.3 Å². The molecule has 0 unspecified atom stereocenters. The first-order valence-electron chi connectivity index (χ1n) is 9.28. The second-order valence-corrected chi connectivity index (χ2v) is 6.82. The van der Waals surface area contributed by atoms with Crippen molar-refractivity contribution in [3.63, 3.8) is 0 Å². The van der Waals surface area contributed by atoms with Crippen LogP contribution in [0.4, 0.5) is 0 Å². The average molecular weight is 378 g/mol. The molecule has 4 rings (SSSR count). The minimum absolute atomic E-state index is 0.293. The normalized spacial score (nSPS) is 15.4. The number of carbonyl (C=O) groups is 1. The van der Waals surface area contributed by atoms with E-state index in [1.165, 1.54) is 0 Å². The van der Waals surface area contributed by atoms with Crippen molar-refractivity contribution in [3.8, 4) is 11.6 Å². The fourth-order valence-electron chi connectivity index (χ4n) is 3.45. The molecule has 0 bridgehead atoms. The minimum Gasteiger partial charge on any atom is -0.437 e. The summed E-state index contributed by atoms with van der Waals surface area (Å²) in [6.45, 7) is 2.76. The first-order chi connectivity index (χ1) is 13.7. The number of ether oxygens (including phenoxy) is 1. The first kappa shape index (κ1) is 18.1. The molecule has 2 aromatic heterocycles. The molecular formula is C20H22N6O2. The number of imidazole rings is 1. The number of aromatic nitrogens is 4. The SMILES string of the molecule is NC(=O)c1ccc(Oc2nccnc2C2CCN(Cc3ncc[nH]3)CC2)cc1. The van der Waals surface area contributed by atoms with Gasteiger partial charge in [-0.05, 0) is 50.2 Å². The average Bonchev–Trinajstić information content (AvgIpc) is 3.23. The van der Waals surface area contributed by atoms with E-state index in [4.69, 9.17) is 10.5 Å². The first-order valence-corrected chi connectivity index (χ1v) is 9.28. The number of piperidine rings is 1. The molecular weight excluding hydrogens is 356 g/mol. The van der Waals surface area contributed by atoms with Crippen molar-refractivity contribution in [3.05, 3.63) is 66.1 Å². The summed E-state index contributed by atoms with van der Waals surface area (Å²) in [4.78, 5) is 30.0. The number of nitrogens with two attached hydrogens (primary N) is 1. The number of hydrogen-bond donors (Lipinski definition) is 2. The molecule has 1 aliphatic heterocycles. The quantitative estimate of drug-likeness (QED) is 0.682. The zero-order valence-electron chi connectivity index (χ0n) is 15.4. The van der Waals surface area contributed by atoms with Crippen LogP contribution in [-0.2, 0) is 6.54 Å². The summed E-state index contributed by atoms with van der Waals surface area (Å²) < 4.78 is 5.96. The molecule has 3 aromatic rings. The molecule has 0 radical (unpaired) electrons. The van der Waals surface area contributed by atoms with Gasteiger partial charge in [-0.1, -0.05) is 0 Å². The molecule has 1 amide bonds. The van der Waals surface area contributed by atoms with Gasteiger partial charge in [-0.2, -0.15) is 0 Å². The number of likely N-dealkylation sites (tertiary alicyclic amines) is 1. The van der Waals surface area contributed by atoms with Gasteiger partial charge in [0.05, 0.1) is 6.54 Å². The summed E-state index contributed by atoms with van der Waals surface area (Å²) in [5, 5.41) is 0. The van der Waals surface area contributed by atoms with E-state index in [2.05, 4.69) is 24.8 Å². The van der Waals surface area contributed by atoms with Gasteiger partial charge in [0.1, 0.15) is 17.3 Å². The molecule has 28 heavy (non-hydrogen) atoms. The van der Waals surface area contributed by atoms with Gasteiger partial charge in [-0.25, -0.2) is 9.97 Å². The maximum absolute atomic E-state index is 11.2. The van der Waals surface area contributed by atoms with Crippen molar-refractivity contribution in [1.29, 1.82) is 0 Å². The number of nitrogens with one attached hydrogen (secondary N) is 1. The number of amides is 1. The fourth-order valence-corrected chi connectivity index (χ4v) is 3.45. The molecule has 144 valence electrons. The zero-order valence-corrected chi connectivity index (χ0v) is 15.4. The Morgan fingerprint density at radius 3 is 2.54 bits per heavy atom. The summed E-state index contributed by atoms with van der Waals surface area (Å²) in [6.07, 6.45) is 8.92. The van der Waals surface area contributed by atoms with Crippen LogP contribution in [0.25, 0.3) is 0 Å². The Balaban J connectivity index is 1.42. The monoisotopic (exact) mass is 378 g/mol.